The molecule has 4 nitrogen and oxygen atoms in total. The zero-order chi connectivity index (χ0) is 11.3. The van der Waals surface area contributed by atoms with Gasteiger partial charge in [-0.3, -0.25) is 9.59 Å². The number of hydrogen-bond acceptors (Lipinski definition) is 4. The highest BCUT2D eigenvalue weighted by Gasteiger charge is 2.06. The number of primary amides is 1. The summed E-state index contributed by atoms with van der Waals surface area (Å²) < 4.78 is 0. The number of benzene rings is 1. The molecule has 5 heteroatoms. The lowest BCUT2D eigenvalue weighted by Gasteiger charge is -2.00. The van der Waals surface area contributed by atoms with Crippen molar-refractivity contribution in [3.05, 3.63) is 29.8 Å². The maximum atomic E-state index is 11.5. The third kappa shape index (κ3) is 4.03. The van der Waals surface area contributed by atoms with Crippen molar-refractivity contribution in [3.63, 3.8) is 0 Å². The van der Waals surface area contributed by atoms with Crippen LogP contribution in [0.1, 0.15) is 10.4 Å². The average molecular weight is 224 g/mol. The fraction of sp³-hybridized carbons (Fsp3) is 0.200. The van der Waals surface area contributed by atoms with E-state index in [1.807, 2.05) is 0 Å². The summed E-state index contributed by atoms with van der Waals surface area (Å²) in [5.74, 6) is -0.0607. The van der Waals surface area contributed by atoms with Crippen molar-refractivity contribution in [3.8, 4) is 0 Å². The number of carbonyl (C=O) groups excluding carboxylic acids is 2. The Morgan fingerprint density at radius 2 is 2.00 bits per heavy atom. The molecule has 0 heterocycles. The smallest absolute Gasteiger partial charge is 0.227 e. The van der Waals surface area contributed by atoms with Crippen LogP contribution in [0.3, 0.4) is 0 Å². The van der Waals surface area contributed by atoms with Crippen LogP contribution in [0.5, 0.6) is 0 Å². The number of ketones is 1. The number of Topliss-reactive ketones (excluding diaryl/α,β-unsaturated/α-hetero) is 1. The van der Waals surface area contributed by atoms with Gasteiger partial charge in [-0.1, -0.05) is 12.1 Å². The van der Waals surface area contributed by atoms with E-state index in [1.54, 1.807) is 24.3 Å². The Morgan fingerprint density at radius 3 is 2.60 bits per heavy atom. The van der Waals surface area contributed by atoms with Crippen LogP contribution in [-0.4, -0.2) is 23.2 Å². The lowest BCUT2D eigenvalue weighted by atomic mass is 10.1. The molecule has 0 radical (unpaired) electrons. The standard InChI is InChI=1S/C10H12N2O2S/c11-8-3-1-2-7(4-8)9(13)5-15-6-10(12)14/h1-4H,5-6,11H2,(H2,12,14). The Kier molecular flexibility index (Phi) is 4.17. The zero-order valence-electron chi connectivity index (χ0n) is 8.10. The fourth-order valence-electron chi connectivity index (χ4n) is 1.04. The van der Waals surface area contributed by atoms with Gasteiger partial charge < -0.3 is 11.5 Å². The quantitative estimate of drug-likeness (QED) is 0.568. The number of carbonyl (C=O) groups is 2. The normalized spacial score (nSPS) is 9.87. The van der Waals surface area contributed by atoms with Crippen molar-refractivity contribution < 1.29 is 9.59 Å². The number of rotatable bonds is 5. The largest absolute Gasteiger partial charge is 0.399 e. The molecule has 0 fully saturated rings. The van der Waals surface area contributed by atoms with E-state index in [2.05, 4.69) is 0 Å². The molecule has 0 aliphatic carbocycles. The molecule has 1 aromatic rings. The van der Waals surface area contributed by atoms with Crippen LogP contribution in [0.15, 0.2) is 24.3 Å². The Balaban J connectivity index is 2.50. The average Bonchev–Trinajstić information content (AvgIpc) is 2.17. The fourth-order valence-corrected chi connectivity index (χ4v) is 1.70. The van der Waals surface area contributed by atoms with Crippen LogP contribution in [0, 0.1) is 0 Å². The third-order valence-corrected chi connectivity index (χ3v) is 2.64. The molecule has 0 atom stereocenters. The molecular weight excluding hydrogens is 212 g/mol. The summed E-state index contributed by atoms with van der Waals surface area (Å²) in [4.78, 5) is 22.0. The number of thioether (sulfide) groups is 1. The molecule has 0 aromatic heterocycles. The topological polar surface area (TPSA) is 86.2 Å². The predicted octanol–water partition coefficient (Wildman–Crippen LogP) is 0.670. The van der Waals surface area contributed by atoms with E-state index in [9.17, 15) is 9.59 Å². The number of amides is 1. The minimum Gasteiger partial charge on any atom is -0.399 e. The Hall–Kier alpha value is -1.49. The van der Waals surface area contributed by atoms with E-state index < -0.39 is 5.91 Å². The zero-order valence-corrected chi connectivity index (χ0v) is 8.92. The maximum absolute atomic E-state index is 11.5. The number of hydrogen-bond donors (Lipinski definition) is 2. The van der Waals surface area contributed by atoms with Crippen molar-refractivity contribution in [1.82, 2.24) is 0 Å². The first-order valence-corrected chi connectivity index (χ1v) is 5.50. The van der Waals surface area contributed by atoms with Crippen molar-refractivity contribution in [2.24, 2.45) is 5.73 Å². The molecule has 0 aliphatic heterocycles. The van der Waals surface area contributed by atoms with Gasteiger partial charge in [-0.25, -0.2) is 0 Å². The second-order valence-corrected chi connectivity index (χ2v) is 3.99. The van der Waals surface area contributed by atoms with E-state index in [1.165, 1.54) is 11.8 Å². The molecule has 1 aromatic carbocycles. The van der Waals surface area contributed by atoms with Gasteiger partial charge in [-0.2, -0.15) is 0 Å². The second-order valence-electron chi connectivity index (χ2n) is 3.01. The molecule has 1 amide bonds. The van der Waals surface area contributed by atoms with Crippen LogP contribution < -0.4 is 11.5 Å². The first kappa shape index (κ1) is 11.6. The summed E-state index contributed by atoms with van der Waals surface area (Å²) in [5, 5.41) is 0. The number of nitrogen functional groups attached to an aromatic ring is 1. The van der Waals surface area contributed by atoms with E-state index >= 15 is 0 Å². The van der Waals surface area contributed by atoms with Crippen LogP contribution in [0.4, 0.5) is 5.69 Å². The lowest BCUT2D eigenvalue weighted by molar-refractivity contribution is -0.115. The van der Waals surface area contributed by atoms with E-state index in [-0.39, 0.29) is 17.3 Å². The molecule has 0 spiro atoms. The third-order valence-electron chi connectivity index (χ3n) is 1.69. The van der Waals surface area contributed by atoms with Gasteiger partial charge in [-0.05, 0) is 12.1 Å². The van der Waals surface area contributed by atoms with Gasteiger partial charge in [-0.15, -0.1) is 11.8 Å². The summed E-state index contributed by atoms with van der Waals surface area (Å²) in [5.41, 5.74) is 11.6. The Bertz CT molecular complexity index is 379. The van der Waals surface area contributed by atoms with Crippen molar-refractivity contribution >= 4 is 29.1 Å². The van der Waals surface area contributed by atoms with Gasteiger partial charge in [0.15, 0.2) is 5.78 Å². The molecule has 0 unspecified atom stereocenters. The Labute approximate surface area is 92.0 Å². The molecule has 80 valence electrons. The molecule has 0 saturated carbocycles. The predicted molar refractivity (Wildman–Crippen MR) is 61.7 cm³/mol. The SMILES string of the molecule is NC(=O)CSCC(=O)c1cccc(N)c1. The summed E-state index contributed by atoms with van der Waals surface area (Å²) in [7, 11) is 0. The van der Waals surface area contributed by atoms with Crippen LogP contribution in [0.25, 0.3) is 0 Å². The summed E-state index contributed by atoms with van der Waals surface area (Å²) in [6.45, 7) is 0. The van der Waals surface area contributed by atoms with Gasteiger partial charge in [0.25, 0.3) is 0 Å². The van der Waals surface area contributed by atoms with Crippen molar-refractivity contribution in [2.75, 3.05) is 17.2 Å². The Morgan fingerprint density at radius 1 is 1.27 bits per heavy atom. The molecule has 0 aliphatic rings. The van der Waals surface area contributed by atoms with Gasteiger partial charge in [0.2, 0.25) is 5.91 Å². The first-order valence-electron chi connectivity index (χ1n) is 4.34. The molecule has 15 heavy (non-hydrogen) atoms. The summed E-state index contributed by atoms with van der Waals surface area (Å²) in [6, 6.07) is 6.76. The number of anilines is 1. The van der Waals surface area contributed by atoms with Crippen molar-refractivity contribution in [1.29, 1.82) is 0 Å². The van der Waals surface area contributed by atoms with E-state index in [0.29, 0.717) is 11.3 Å². The van der Waals surface area contributed by atoms with Crippen LogP contribution >= 0.6 is 11.8 Å². The highest BCUT2D eigenvalue weighted by molar-refractivity contribution is 8.00. The second kappa shape index (κ2) is 5.41. The van der Waals surface area contributed by atoms with Gasteiger partial charge >= 0.3 is 0 Å². The van der Waals surface area contributed by atoms with Gasteiger partial charge in [0, 0.05) is 11.3 Å². The molecule has 1 rings (SSSR count). The highest BCUT2D eigenvalue weighted by atomic mass is 32.2. The minimum atomic E-state index is -0.416. The monoisotopic (exact) mass is 224 g/mol. The summed E-state index contributed by atoms with van der Waals surface area (Å²) in [6.07, 6.45) is 0. The first-order chi connectivity index (χ1) is 7.09. The van der Waals surface area contributed by atoms with Crippen LogP contribution in [0.2, 0.25) is 0 Å². The highest BCUT2D eigenvalue weighted by Crippen LogP contribution is 2.10. The summed E-state index contributed by atoms with van der Waals surface area (Å²) >= 11 is 1.21. The molecule has 0 bridgehead atoms. The molecular formula is C10H12N2O2S. The molecule has 4 N–H and O–H groups in total. The minimum absolute atomic E-state index is 0.0476. The van der Waals surface area contributed by atoms with E-state index in [4.69, 9.17) is 11.5 Å². The van der Waals surface area contributed by atoms with Crippen molar-refractivity contribution in [2.45, 2.75) is 0 Å². The molecule has 0 saturated heterocycles. The number of nitrogens with two attached hydrogens (primary N) is 2. The maximum Gasteiger partial charge on any atom is 0.227 e. The lowest BCUT2D eigenvalue weighted by Crippen LogP contribution is -2.15. The van der Waals surface area contributed by atoms with Gasteiger partial charge in [0.1, 0.15) is 0 Å². The van der Waals surface area contributed by atoms with Gasteiger partial charge in [0.05, 0.1) is 11.5 Å². The van der Waals surface area contributed by atoms with E-state index in [0.717, 1.165) is 0 Å². The van der Waals surface area contributed by atoms with Crippen LogP contribution in [-0.2, 0) is 4.79 Å².